The van der Waals surface area contributed by atoms with Crippen LogP contribution in [-0.2, 0) is 19.1 Å². The van der Waals surface area contributed by atoms with Gasteiger partial charge in [0.15, 0.2) is 6.04 Å². The number of carboxylic acid groups (broad SMARTS) is 1. The van der Waals surface area contributed by atoms with Crippen molar-refractivity contribution in [2.24, 2.45) is 0 Å². The molecule has 0 bridgehead atoms. The second-order valence-electron chi connectivity index (χ2n) is 12.3. The molecule has 2 atom stereocenters. The predicted octanol–water partition coefficient (Wildman–Crippen LogP) is 7.44. The summed E-state index contributed by atoms with van der Waals surface area (Å²) in [6, 6.07) is -0.573. The fraction of sp³-hybridized carbons (Fsp3) is 0.879. The molecule has 0 rings (SSSR count). The summed E-state index contributed by atoms with van der Waals surface area (Å²) in [7, 11) is 5.48. The van der Waals surface area contributed by atoms with E-state index in [0.717, 1.165) is 19.3 Å². The van der Waals surface area contributed by atoms with Gasteiger partial charge in [-0.25, -0.2) is 4.79 Å². The van der Waals surface area contributed by atoms with E-state index in [2.05, 4.69) is 19.1 Å². The van der Waals surface area contributed by atoms with Crippen molar-refractivity contribution in [3.8, 4) is 0 Å². The molecule has 0 fully saturated rings. The molecule has 2 unspecified atom stereocenters. The molecule has 0 aliphatic rings. The first-order chi connectivity index (χ1) is 19.2. The Bertz CT molecular complexity index is 631. The molecule has 0 aliphatic heterocycles. The van der Waals surface area contributed by atoms with E-state index >= 15 is 0 Å². The number of ether oxygens (including phenoxy) is 2. The first kappa shape index (κ1) is 38.6. The highest BCUT2D eigenvalue weighted by atomic mass is 16.5. The molecule has 7 nitrogen and oxygen atoms in total. The van der Waals surface area contributed by atoms with Crippen molar-refractivity contribution in [2.45, 2.75) is 147 Å². The topological polar surface area (TPSA) is 93.1 Å². The van der Waals surface area contributed by atoms with Gasteiger partial charge in [-0.05, 0) is 32.1 Å². The number of likely N-dealkylation sites (N-methyl/N-ethyl adjacent to an activating group) is 1. The second-order valence-corrected chi connectivity index (χ2v) is 12.3. The SMILES string of the molecule is CCCCCCCCCCC/C=C/CCCCCCCCCC(=O)OCC(O)COCCC(C(=O)O)[N+](C)(C)C. The summed E-state index contributed by atoms with van der Waals surface area (Å²) in [6.07, 6.45) is 27.5. The smallest absolute Gasteiger partial charge is 0.362 e. The molecule has 7 heteroatoms. The average Bonchev–Trinajstić information content (AvgIpc) is 2.89. The van der Waals surface area contributed by atoms with Crippen molar-refractivity contribution < 1.29 is 33.8 Å². The lowest BCUT2D eigenvalue weighted by molar-refractivity contribution is -0.887. The van der Waals surface area contributed by atoms with Crippen LogP contribution in [0.5, 0.6) is 0 Å². The predicted molar refractivity (Wildman–Crippen MR) is 164 cm³/mol. The number of carboxylic acids is 1. The number of quaternary nitrogens is 1. The van der Waals surface area contributed by atoms with Gasteiger partial charge < -0.3 is 24.2 Å². The van der Waals surface area contributed by atoms with Crippen molar-refractivity contribution in [1.82, 2.24) is 0 Å². The van der Waals surface area contributed by atoms with Gasteiger partial charge in [-0.15, -0.1) is 0 Å². The molecular formula is C33H64NO6+. The van der Waals surface area contributed by atoms with Crippen molar-refractivity contribution >= 4 is 11.9 Å². The number of esters is 1. The Balaban J connectivity index is 3.47. The van der Waals surface area contributed by atoms with Crippen LogP contribution in [0.4, 0.5) is 0 Å². The van der Waals surface area contributed by atoms with Crippen LogP contribution in [-0.4, -0.2) is 79.7 Å². The lowest BCUT2D eigenvalue weighted by Crippen LogP contribution is -2.50. The zero-order valence-electron chi connectivity index (χ0n) is 26.5. The van der Waals surface area contributed by atoms with Gasteiger partial charge in [0.2, 0.25) is 0 Å². The van der Waals surface area contributed by atoms with Crippen LogP contribution in [0.2, 0.25) is 0 Å². The number of unbranched alkanes of at least 4 members (excludes halogenated alkanes) is 16. The van der Waals surface area contributed by atoms with Crippen LogP contribution >= 0.6 is 0 Å². The summed E-state index contributed by atoms with van der Waals surface area (Å²) in [6.45, 7) is 2.43. The van der Waals surface area contributed by atoms with Crippen LogP contribution in [0.3, 0.4) is 0 Å². The van der Waals surface area contributed by atoms with Crippen molar-refractivity contribution in [1.29, 1.82) is 0 Å². The number of carbonyl (C=O) groups is 2. The molecule has 0 aromatic carbocycles. The van der Waals surface area contributed by atoms with E-state index in [-0.39, 0.29) is 25.8 Å². The summed E-state index contributed by atoms with van der Waals surface area (Å²) >= 11 is 0. The van der Waals surface area contributed by atoms with Gasteiger partial charge >= 0.3 is 11.9 Å². The van der Waals surface area contributed by atoms with Gasteiger partial charge in [0.1, 0.15) is 12.7 Å². The molecule has 0 amide bonds. The Morgan fingerprint density at radius 2 is 1.20 bits per heavy atom. The van der Waals surface area contributed by atoms with Crippen LogP contribution < -0.4 is 0 Å². The Labute approximate surface area is 246 Å². The first-order valence-electron chi connectivity index (χ1n) is 16.3. The number of allylic oxidation sites excluding steroid dienone is 2. The van der Waals surface area contributed by atoms with Gasteiger partial charge in [0.05, 0.1) is 34.4 Å². The third-order valence-electron chi connectivity index (χ3n) is 7.40. The normalized spacial score (nSPS) is 13.5. The van der Waals surface area contributed by atoms with E-state index in [1.54, 1.807) is 0 Å². The molecule has 40 heavy (non-hydrogen) atoms. The van der Waals surface area contributed by atoms with Crippen LogP contribution in [0.1, 0.15) is 135 Å². The second kappa shape index (κ2) is 26.5. The summed E-state index contributed by atoms with van der Waals surface area (Å²) in [5, 5.41) is 19.3. The molecule has 0 heterocycles. The van der Waals surface area contributed by atoms with Crippen molar-refractivity contribution in [3.63, 3.8) is 0 Å². The molecule has 236 valence electrons. The van der Waals surface area contributed by atoms with E-state index in [9.17, 15) is 19.8 Å². The van der Waals surface area contributed by atoms with Crippen molar-refractivity contribution in [2.75, 3.05) is 41.0 Å². The fourth-order valence-corrected chi connectivity index (χ4v) is 4.79. The third-order valence-corrected chi connectivity index (χ3v) is 7.40. The third kappa shape index (κ3) is 25.5. The highest BCUT2D eigenvalue weighted by Crippen LogP contribution is 2.13. The number of nitrogens with zero attached hydrogens (tertiary/aromatic N) is 1. The first-order valence-corrected chi connectivity index (χ1v) is 16.3. The summed E-state index contributed by atoms with van der Waals surface area (Å²) in [5.41, 5.74) is 0. The van der Waals surface area contributed by atoms with Gasteiger partial charge in [0, 0.05) is 12.8 Å². The molecule has 2 N–H and O–H groups in total. The maximum atomic E-state index is 11.9. The van der Waals surface area contributed by atoms with E-state index < -0.39 is 18.1 Å². The monoisotopic (exact) mass is 570 g/mol. The van der Waals surface area contributed by atoms with E-state index in [1.165, 1.54) is 96.3 Å². The van der Waals surface area contributed by atoms with Gasteiger partial charge in [-0.3, -0.25) is 4.79 Å². The maximum Gasteiger partial charge on any atom is 0.362 e. The van der Waals surface area contributed by atoms with E-state index in [1.807, 2.05) is 21.1 Å². The lowest BCUT2D eigenvalue weighted by atomic mass is 10.1. The lowest BCUT2D eigenvalue weighted by Gasteiger charge is -2.31. The number of rotatable bonds is 29. The van der Waals surface area contributed by atoms with Crippen LogP contribution in [0, 0.1) is 0 Å². The van der Waals surface area contributed by atoms with Crippen LogP contribution in [0.25, 0.3) is 0 Å². The number of hydrogen-bond acceptors (Lipinski definition) is 5. The molecule has 0 saturated carbocycles. The zero-order valence-corrected chi connectivity index (χ0v) is 26.5. The Morgan fingerprint density at radius 1 is 0.725 bits per heavy atom. The van der Waals surface area contributed by atoms with E-state index in [4.69, 9.17) is 9.47 Å². The number of hydrogen-bond donors (Lipinski definition) is 2. The zero-order chi connectivity index (χ0) is 29.9. The molecule has 0 aromatic heterocycles. The standard InChI is InChI=1S/C33H63NO6/c1-5-6-7-8-9-10-11-12-13-14-15-16-17-18-19-20-21-22-23-24-25-32(36)40-29-30(35)28-39-27-26-31(33(37)38)34(2,3)4/h15-16,30-31,35H,5-14,17-29H2,1-4H3/p+1/b16-15+. The number of aliphatic hydroxyl groups excluding tert-OH is 1. The van der Waals surface area contributed by atoms with Crippen molar-refractivity contribution in [3.05, 3.63) is 12.2 Å². The number of aliphatic hydroxyl groups is 1. The minimum atomic E-state index is -0.902. The molecule has 0 radical (unpaired) electrons. The largest absolute Gasteiger partial charge is 0.477 e. The summed E-state index contributed by atoms with van der Waals surface area (Å²) < 4.78 is 10.8. The minimum Gasteiger partial charge on any atom is -0.477 e. The Hall–Kier alpha value is -1.44. The summed E-state index contributed by atoms with van der Waals surface area (Å²) in [5.74, 6) is -1.16. The highest BCUT2D eigenvalue weighted by Gasteiger charge is 2.30. The van der Waals surface area contributed by atoms with Crippen LogP contribution in [0.15, 0.2) is 12.2 Å². The Morgan fingerprint density at radius 3 is 1.68 bits per heavy atom. The number of aliphatic carboxylic acids is 1. The van der Waals surface area contributed by atoms with Gasteiger partial charge in [-0.1, -0.05) is 103 Å². The molecule has 0 spiro atoms. The molecule has 0 aromatic rings. The Kier molecular flexibility index (Phi) is 25.5. The summed E-state index contributed by atoms with van der Waals surface area (Å²) in [4.78, 5) is 23.2. The van der Waals surface area contributed by atoms with Gasteiger partial charge in [0.25, 0.3) is 0 Å². The fourth-order valence-electron chi connectivity index (χ4n) is 4.79. The highest BCUT2D eigenvalue weighted by molar-refractivity contribution is 5.72. The molecular weight excluding hydrogens is 506 g/mol. The maximum absolute atomic E-state index is 11.9. The minimum absolute atomic E-state index is 0.0197. The quantitative estimate of drug-likeness (QED) is 0.0420. The molecule has 0 saturated heterocycles. The van der Waals surface area contributed by atoms with Gasteiger partial charge in [-0.2, -0.15) is 0 Å². The average molecular weight is 571 g/mol. The molecule has 0 aliphatic carbocycles. The van der Waals surface area contributed by atoms with E-state index in [0.29, 0.717) is 17.3 Å². The number of carbonyl (C=O) groups excluding carboxylic acids is 1.